The molecule has 3 nitrogen and oxygen atoms in total. The zero-order chi connectivity index (χ0) is 12.8. The van der Waals surface area contributed by atoms with Crippen molar-refractivity contribution in [3.05, 3.63) is 48.5 Å². The molecule has 1 aromatic heterocycles. The fourth-order valence-corrected chi connectivity index (χ4v) is 2.56. The van der Waals surface area contributed by atoms with E-state index in [1.165, 1.54) is 10.5 Å². The van der Waals surface area contributed by atoms with Crippen LogP contribution in [0.1, 0.15) is 24.9 Å². The van der Waals surface area contributed by atoms with Crippen molar-refractivity contribution in [2.24, 2.45) is 5.73 Å². The zero-order valence-corrected chi connectivity index (χ0v) is 11.4. The van der Waals surface area contributed by atoms with E-state index in [2.05, 4.69) is 33.8 Å². The fraction of sp³-hybridized carbons (Fsp3) is 0.357. The number of nitrogens with two attached hydrogens (primary N) is 1. The first-order valence-corrected chi connectivity index (χ1v) is 7.18. The largest absolute Gasteiger partial charge is 0.337 e. The minimum Gasteiger partial charge on any atom is -0.337 e. The number of thioether (sulfide) groups is 1. The molecule has 96 valence electrons. The molecule has 0 bridgehead atoms. The van der Waals surface area contributed by atoms with Crippen LogP contribution in [0.5, 0.6) is 0 Å². The molecule has 1 unspecified atom stereocenters. The molecule has 2 N–H and O–H groups in total. The Hall–Kier alpha value is -1.26. The minimum atomic E-state index is 0.116. The summed E-state index contributed by atoms with van der Waals surface area (Å²) in [6.07, 6.45) is 6.83. The quantitative estimate of drug-likeness (QED) is 0.642. The Morgan fingerprint density at radius 3 is 2.72 bits per heavy atom. The van der Waals surface area contributed by atoms with Gasteiger partial charge in [0.05, 0.1) is 6.33 Å². The fourth-order valence-electron chi connectivity index (χ4n) is 1.72. The summed E-state index contributed by atoms with van der Waals surface area (Å²) in [5, 5.41) is 0. The van der Waals surface area contributed by atoms with Gasteiger partial charge in [0, 0.05) is 29.9 Å². The van der Waals surface area contributed by atoms with E-state index in [1.807, 2.05) is 37.4 Å². The van der Waals surface area contributed by atoms with Crippen LogP contribution in [0.3, 0.4) is 0 Å². The minimum absolute atomic E-state index is 0.116. The number of benzene rings is 1. The number of aryl methyl sites for hydroxylation is 1. The van der Waals surface area contributed by atoms with Crippen LogP contribution in [0.2, 0.25) is 0 Å². The number of hydrogen-bond donors (Lipinski definition) is 1. The molecular weight excluding hydrogens is 242 g/mol. The average Bonchev–Trinajstić information content (AvgIpc) is 2.88. The molecule has 0 aliphatic carbocycles. The van der Waals surface area contributed by atoms with Crippen molar-refractivity contribution < 1.29 is 0 Å². The van der Waals surface area contributed by atoms with Gasteiger partial charge >= 0.3 is 0 Å². The molecule has 2 rings (SSSR count). The van der Waals surface area contributed by atoms with Crippen LogP contribution in [0.4, 0.5) is 0 Å². The highest BCUT2D eigenvalue weighted by molar-refractivity contribution is 7.99. The Bertz CT molecular complexity index is 448. The number of imidazole rings is 1. The van der Waals surface area contributed by atoms with Gasteiger partial charge in [-0.15, -0.1) is 11.8 Å². The lowest BCUT2D eigenvalue weighted by Gasteiger charge is -2.07. The highest BCUT2D eigenvalue weighted by atomic mass is 32.2. The maximum absolute atomic E-state index is 5.82. The van der Waals surface area contributed by atoms with E-state index in [-0.39, 0.29) is 6.04 Å². The van der Waals surface area contributed by atoms with Gasteiger partial charge in [-0.3, -0.25) is 0 Å². The van der Waals surface area contributed by atoms with E-state index in [0.717, 1.165) is 18.7 Å². The Morgan fingerprint density at radius 1 is 1.33 bits per heavy atom. The van der Waals surface area contributed by atoms with Gasteiger partial charge < -0.3 is 10.3 Å². The highest BCUT2D eigenvalue weighted by Gasteiger charge is 1.99. The lowest BCUT2D eigenvalue weighted by Crippen LogP contribution is -2.04. The Balaban J connectivity index is 1.73. The topological polar surface area (TPSA) is 43.8 Å². The number of nitrogens with zero attached hydrogens (tertiary/aromatic N) is 2. The summed E-state index contributed by atoms with van der Waals surface area (Å²) in [5.74, 6) is 1.12. The zero-order valence-electron chi connectivity index (χ0n) is 10.6. The van der Waals surface area contributed by atoms with Crippen molar-refractivity contribution in [3.63, 3.8) is 0 Å². The van der Waals surface area contributed by atoms with Gasteiger partial charge in [0.1, 0.15) is 0 Å². The lowest BCUT2D eigenvalue weighted by atomic mass is 10.1. The predicted octanol–water partition coefficient (Wildman–Crippen LogP) is 3.09. The molecule has 1 aromatic carbocycles. The van der Waals surface area contributed by atoms with Gasteiger partial charge in [0.25, 0.3) is 0 Å². The van der Waals surface area contributed by atoms with Gasteiger partial charge in [0.2, 0.25) is 0 Å². The van der Waals surface area contributed by atoms with Crippen molar-refractivity contribution in [2.75, 3.05) is 5.75 Å². The molecular formula is C14H19N3S. The van der Waals surface area contributed by atoms with Crippen molar-refractivity contribution in [2.45, 2.75) is 30.8 Å². The monoisotopic (exact) mass is 261 g/mol. The van der Waals surface area contributed by atoms with E-state index in [4.69, 9.17) is 5.73 Å². The molecule has 0 aliphatic heterocycles. The van der Waals surface area contributed by atoms with E-state index >= 15 is 0 Å². The summed E-state index contributed by atoms with van der Waals surface area (Å²) in [6.45, 7) is 3.04. The Kier molecular flexibility index (Phi) is 4.84. The smallest absolute Gasteiger partial charge is 0.0945 e. The molecule has 2 aromatic rings. The third-order valence-electron chi connectivity index (χ3n) is 2.79. The summed E-state index contributed by atoms with van der Waals surface area (Å²) in [6, 6.07) is 8.65. The Morgan fingerprint density at radius 2 is 2.11 bits per heavy atom. The summed E-state index contributed by atoms with van der Waals surface area (Å²) in [5.41, 5.74) is 7.02. The summed E-state index contributed by atoms with van der Waals surface area (Å²) >= 11 is 1.89. The maximum Gasteiger partial charge on any atom is 0.0945 e. The highest BCUT2D eigenvalue weighted by Crippen LogP contribution is 2.21. The number of hydrogen-bond acceptors (Lipinski definition) is 3. The average molecular weight is 261 g/mol. The molecule has 0 radical (unpaired) electrons. The molecule has 1 heterocycles. The predicted molar refractivity (Wildman–Crippen MR) is 76.6 cm³/mol. The van der Waals surface area contributed by atoms with E-state index in [1.54, 1.807) is 0 Å². The molecule has 18 heavy (non-hydrogen) atoms. The van der Waals surface area contributed by atoms with Crippen LogP contribution in [0.15, 0.2) is 47.9 Å². The molecule has 1 atom stereocenters. The van der Waals surface area contributed by atoms with E-state index in [9.17, 15) is 0 Å². The molecule has 0 amide bonds. The summed E-state index contributed by atoms with van der Waals surface area (Å²) in [7, 11) is 0. The first-order chi connectivity index (χ1) is 8.75. The van der Waals surface area contributed by atoms with Crippen LogP contribution < -0.4 is 5.73 Å². The van der Waals surface area contributed by atoms with Crippen LogP contribution in [0.25, 0.3) is 0 Å². The van der Waals surface area contributed by atoms with Crippen molar-refractivity contribution in [1.29, 1.82) is 0 Å². The van der Waals surface area contributed by atoms with Crippen LogP contribution in [0, 0.1) is 0 Å². The SMILES string of the molecule is CC(N)c1ccc(SCCCn2ccnc2)cc1. The van der Waals surface area contributed by atoms with E-state index < -0.39 is 0 Å². The van der Waals surface area contributed by atoms with E-state index in [0.29, 0.717) is 0 Å². The molecule has 0 fully saturated rings. The number of aromatic nitrogens is 2. The second-order valence-electron chi connectivity index (χ2n) is 4.36. The van der Waals surface area contributed by atoms with Gasteiger partial charge in [0.15, 0.2) is 0 Å². The van der Waals surface area contributed by atoms with Gasteiger partial charge in [-0.1, -0.05) is 12.1 Å². The Labute approximate surface area is 112 Å². The second-order valence-corrected chi connectivity index (χ2v) is 5.53. The summed E-state index contributed by atoms with van der Waals surface area (Å²) in [4.78, 5) is 5.34. The first-order valence-electron chi connectivity index (χ1n) is 6.20. The third-order valence-corrected chi connectivity index (χ3v) is 3.89. The molecule has 0 aliphatic rings. The number of rotatable bonds is 6. The lowest BCUT2D eigenvalue weighted by molar-refractivity contribution is 0.683. The van der Waals surface area contributed by atoms with Crippen LogP contribution >= 0.6 is 11.8 Å². The van der Waals surface area contributed by atoms with Crippen molar-refractivity contribution in [1.82, 2.24) is 9.55 Å². The van der Waals surface area contributed by atoms with Crippen LogP contribution in [-0.2, 0) is 6.54 Å². The molecule has 0 spiro atoms. The third kappa shape index (κ3) is 3.89. The normalized spacial score (nSPS) is 12.6. The molecule has 0 saturated heterocycles. The van der Waals surface area contributed by atoms with Crippen LogP contribution in [-0.4, -0.2) is 15.3 Å². The van der Waals surface area contributed by atoms with Gasteiger partial charge in [-0.25, -0.2) is 4.98 Å². The maximum atomic E-state index is 5.82. The second kappa shape index (κ2) is 6.61. The molecule has 4 heteroatoms. The molecule has 0 saturated carbocycles. The summed E-state index contributed by atoms with van der Waals surface area (Å²) < 4.78 is 2.11. The first kappa shape index (κ1) is 13.2. The van der Waals surface area contributed by atoms with Crippen molar-refractivity contribution >= 4 is 11.8 Å². The standard InChI is InChI=1S/C14H19N3S/c1-12(15)13-3-5-14(6-4-13)18-10-2-8-17-9-7-16-11-17/h3-7,9,11-12H,2,8,10,15H2,1H3. The van der Waals surface area contributed by atoms with Gasteiger partial charge in [-0.2, -0.15) is 0 Å². The van der Waals surface area contributed by atoms with Gasteiger partial charge in [-0.05, 0) is 36.8 Å². The van der Waals surface area contributed by atoms with Crippen molar-refractivity contribution in [3.8, 4) is 0 Å².